The average Bonchev–Trinajstić information content (AvgIpc) is 3.34. The average molecular weight is 505 g/mol. The first-order valence-corrected chi connectivity index (χ1v) is 12.1. The van der Waals surface area contributed by atoms with Gasteiger partial charge in [-0.1, -0.05) is 19.9 Å². The summed E-state index contributed by atoms with van der Waals surface area (Å²) in [6, 6.07) is 4.92. The number of rotatable bonds is 6. The number of sulfonamides is 1. The molecule has 0 aliphatic carbocycles. The van der Waals surface area contributed by atoms with Crippen molar-refractivity contribution in [1.29, 1.82) is 0 Å². The number of aryl methyl sites for hydroxylation is 1. The van der Waals surface area contributed by atoms with Gasteiger partial charge in [-0.15, -0.1) is 13.2 Å². The molecule has 2 saturated heterocycles. The Kier molecular flexibility index (Phi) is 6.57. The second kappa shape index (κ2) is 9.02. The third-order valence-corrected chi connectivity index (χ3v) is 7.38. The van der Waals surface area contributed by atoms with Crippen molar-refractivity contribution in [3.05, 3.63) is 36.8 Å². The van der Waals surface area contributed by atoms with Crippen LogP contribution in [0.25, 0.3) is 0 Å². The first-order chi connectivity index (χ1) is 15.8. The zero-order chi connectivity index (χ0) is 24.7. The molecule has 0 bridgehead atoms. The van der Waals surface area contributed by atoms with E-state index in [-0.39, 0.29) is 29.3 Å². The Morgan fingerprint density at radius 3 is 2.53 bits per heavy atom. The van der Waals surface area contributed by atoms with Gasteiger partial charge in [-0.3, -0.25) is 0 Å². The van der Waals surface area contributed by atoms with E-state index in [0.717, 1.165) is 0 Å². The summed E-state index contributed by atoms with van der Waals surface area (Å²) in [5.41, 5.74) is 0.172. The van der Waals surface area contributed by atoms with Gasteiger partial charge < -0.3 is 24.1 Å². The maximum Gasteiger partial charge on any atom is 0.573 e. The number of alkyl halides is 3. The molecule has 0 unspecified atom stereocenters. The summed E-state index contributed by atoms with van der Waals surface area (Å²) in [6.45, 7) is 5.02. The van der Waals surface area contributed by atoms with Crippen LogP contribution in [-0.4, -0.2) is 67.3 Å². The number of hydrogen-bond acceptors (Lipinski definition) is 7. The summed E-state index contributed by atoms with van der Waals surface area (Å²) in [5.74, 6) is -0.793. The lowest BCUT2D eigenvalue weighted by molar-refractivity contribution is -0.274. The van der Waals surface area contributed by atoms with Crippen LogP contribution in [0.2, 0.25) is 0 Å². The summed E-state index contributed by atoms with van der Waals surface area (Å²) in [5, 5.41) is 3.07. The Morgan fingerprint density at radius 2 is 1.91 bits per heavy atom. The third kappa shape index (κ3) is 5.65. The minimum atomic E-state index is -4.82. The number of imidazole rings is 1. The molecule has 3 heterocycles. The lowest BCUT2D eigenvalue weighted by Crippen LogP contribution is -2.46. The molecule has 1 aromatic heterocycles. The number of ether oxygens (including phenoxy) is 3. The van der Waals surface area contributed by atoms with E-state index >= 15 is 0 Å². The Bertz CT molecular complexity index is 1110. The zero-order valence-electron chi connectivity index (χ0n) is 18.9. The quantitative estimate of drug-likeness (QED) is 0.647. The van der Waals surface area contributed by atoms with E-state index in [1.165, 1.54) is 39.6 Å². The maximum absolute atomic E-state index is 13.2. The van der Waals surface area contributed by atoms with Crippen LogP contribution in [0.4, 0.5) is 18.9 Å². The molecular formula is C21H27F3N4O5S. The van der Waals surface area contributed by atoms with Crippen molar-refractivity contribution in [3.8, 4) is 5.75 Å². The van der Waals surface area contributed by atoms with Crippen molar-refractivity contribution in [1.82, 2.24) is 13.9 Å². The Hall–Kier alpha value is -2.35. The van der Waals surface area contributed by atoms with Crippen molar-refractivity contribution in [2.75, 3.05) is 31.6 Å². The van der Waals surface area contributed by atoms with Crippen LogP contribution in [0, 0.1) is 11.3 Å². The first-order valence-electron chi connectivity index (χ1n) is 10.7. The predicted molar refractivity (Wildman–Crippen MR) is 115 cm³/mol. The predicted octanol–water partition coefficient (Wildman–Crippen LogP) is 2.82. The molecule has 0 saturated carbocycles. The van der Waals surface area contributed by atoms with E-state index in [4.69, 9.17) is 9.47 Å². The number of halogens is 3. The van der Waals surface area contributed by atoms with Gasteiger partial charge in [-0.05, 0) is 12.1 Å². The summed E-state index contributed by atoms with van der Waals surface area (Å²) in [7, 11) is -2.22. The standard InChI is InChI=1S/C21H27F3N4O5S/c1-20(2)11-31-19(32-12-20)16-8-28(34(29,30)18-10-27(3)13-25-18)9-17(16)26-14-5-4-6-15(7-14)33-21(22,23)24/h4-7,10,13,16-17,19,26H,8-9,11-12H2,1-3H3/t16-,17-/m0/s1. The van der Waals surface area contributed by atoms with Crippen LogP contribution >= 0.6 is 0 Å². The zero-order valence-corrected chi connectivity index (χ0v) is 19.8. The topological polar surface area (TPSA) is 94.9 Å². The summed E-state index contributed by atoms with van der Waals surface area (Å²) >= 11 is 0. The van der Waals surface area contributed by atoms with Crippen molar-refractivity contribution >= 4 is 15.7 Å². The smallest absolute Gasteiger partial charge is 0.406 e. The third-order valence-electron chi connectivity index (χ3n) is 5.66. The van der Waals surface area contributed by atoms with Crippen LogP contribution in [0.3, 0.4) is 0 Å². The number of anilines is 1. The van der Waals surface area contributed by atoms with E-state index in [1.807, 2.05) is 13.8 Å². The molecule has 1 aromatic carbocycles. The van der Waals surface area contributed by atoms with Gasteiger partial charge in [0.1, 0.15) is 5.75 Å². The molecule has 2 aliphatic rings. The fraction of sp³-hybridized carbons (Fsp3) is 0.571. The van der Waals surface area contributed by atoms with Crippen LogP contribution in [0.15, 0.2) is 41.8 Å². The minimum Gasteiger partial charge on any atom is -0.406 e. The Balaban J connectivity index is 1.57. The summed E-state index contributed by atoms with van der Waals surface area (Å²) < 4.78 is 83.0. The van der Waals surface area contributed by atoms with Crippen LogP contribution in [-0.2, 0) is 26.5 Å². The molecule has 13 heteroatoms. The molecule has 188 valence electrons. The molecule has 0 amide bonds. The van der Waals surface area contributed by atoms with E-state index < -0.39 is 34.6 Å². The largest absolute Gasteiger partial charge is 0.573 e. The number of nitrogens with zero attached hydrogens (tertiary/aromatic N) is 3. The number of hydrogen-bond donors (Lipinski definition) is 1. The number of nitrogens with one attached hydrogen (secondary N) is 1. The Morgan fingerprint density at radius 1 is 1.21 bits per heavy atom. The van der Waals surface area contributed by atoms with Gasteiger partial charge in [0.05, 0.1) is 19.5 Å². The second-order valence-corrected chi connectivity index (χ2v) is 11.2. The SMILES string of the molecule is Cn1cnc(S(=O)(=O)N2C[C@H](Nc3cccc(OC(F)(F)F)c3)[C@@H](C3OCC(C)(C)CO3)C2)c1. The molecule has 1 N–H and O–H groups in total. The molecule has 2 fully saturated rings. The van der Waals surface area contributed by atoms with E-state index in [0.29, 0.717) is 18.9 Å². The van der Waals surface area contributed by atoms with Gasteiger partial charge in [-0.2, -0.15) is 4.31 Å². The monoisotopic (exact) mass is 504 g/mol. The highest BCUT2D eigenvalue weighted by atomic mass is 32.2. The Labute approximate surface area is 195 Å². The molecule has 4 rings (SSSR count). The normalized spacial score (nSPS) is 24.3. The van der Waals surface area contributed by atoms with E-state index in [2.05, 4.69) is 15.0 Å². The fourth-order valence-corrected chi connectivity index (χ4v) is 5.49. The first kappa shape index (κ1) is 24.8. The number of benzene rings is 1. The van der Waals surface area contributed by atoms with Crippen LogP contribution < -0.4 is 10.1 Å². The van der Waals surface area contributed by atoms with Gasteiger partial charge in [-0.25, -0.2) is 13.4 Å². The van der Waals surface area contributed by atoms with Crippen LogP contribution in [0.1, 0.15) is 13.8 Å². The molecule has 9 nitrogen and oxygen atoms in total. The highest BCUT2D eigenvalue weighted by Gasteiger charge is 2.46. The lowest BCUT2D eigenvalue weighted by atomic mass is 9.94. The van der Waals surface area contributed by atoms with E-state index in [9.17, 15) is 21.6 Å². The number of aromatic nitrogens is 2. The maximum atomic E-state index is 13.2. The molecule has 2 aromatic rings. The van der Waals surface area contributed by atoms with Gasteiger partial charge in [0.15, 0.2) is 11.3 Å². The molecule has 2 atom stereocenters. The van der Waals surface area contributed by atoms with Gasteiger partial charge in [0.2, 0.25) is 0 Å². The fourth-order valence-electron chi connectivity index (χ4n) is 4.02. The molecule has 2 aliphatic heterocycles. The van der Waals surface area contributed by atoms with Gasteiger partial charge in [0, 0.05) is 55.5 Å². The van der Waals surface area contributed by atoms with Gasteiger partial charge >= 0.3 is 6.36 Å². The lowest BCUT2D eigenvalue weighted by Gasteiger charge is -2.38. The molecule has 0 radical (unpaired) electrons. The summed E-state index contributed by atoms with van der Waals surface area (Å²) in [6.07, 6.45) is -2.68. The van der Waals surface area contributed by atoms with Gasteiger partial charge in [0.25, 0.3) is 10.0 Å². The molecular weight excluding hydrogens is 477 g/mol. The minimum absolute atomic E-state index is 0.0561. The van der Waals surface area contributed by atoms with Crippen molar-refractivity contribution < 1.29 is 35.8 Å². The molecule has 0 spiro atoms. The van der Waals surface area contributed by atoms with Crippen molar-refractivity contribution in [2.24, 2.45) is 18.4 Å². The highest BCUT2D eigenvalue weighted by molar-refractivity contribution is 7.89. The van der Waals surface area contributed by atoms with Crippen LogP contribution in [0.5, 0.6) is 5.75 Å². The van der Waals surface area contributed by atoms with Crippen molar-refractivity contribution in [3.63, 3.8) is 0 Å². The summed E-state index contributed by atoms with van der Waals surface area (Å²) in [4.78, 5) is 3.97. The second-order valence-electron chi connectivity index (χ2n) is 9.34. The highest BCUT2D eigenvalue weighted by Crippen LogP contribution is 2.34. The van der Waals surface area contributed by atoms with Crippen molar-refractivity contribution in [2.45, 2.75) is 37.6 Å². The van der Waals surface area contributed by atoms with E-state index in [1.54, 1.807) is 13.1 Å². The molecule has 34 heavy (non-hydrogen) atoms.